The van der Waals surface area contributed by atoms with E-state index in [2.05, 4.69) is 5.92 Å². The highest BCUT2D eigenvalue weighted by Crippen LogP contribution is 2.23. The third kappa shape index (κ3) is 1.36. The summed E-state index contributed by atoms with van der Waals surface area (Å²) in [5, 5.41) is 17.6. The summed E-state index contributed by atoms with van der Waals surface area (Å²) in [6.07, 6.45) is 5.39. The molecule has 1 unspecified atom stereocenters. The molecule has 12 heavy (non-hydrogen) atoms. The fourth-order valence-corrected chi connectivity index (χ4v) is 1.52. The van der Waals surface area contributed by atoms with Gasteiger partial charge in [-0.2, -0.15) is 0 Å². The number of aliphatic hydroxyl groups is 1. The van der Waals surface area contributed by atoms with Crippen LogP contribution in [0.2, 0.25) is 0 Å². The monoisotopic (exact) mass is 169 g/mol. The molecule has 1 amide bonds. The van der Waals surface area contributed by atoms with Gasteiger partial charge in [0.1, 0.15) is 0 Å². The van der Waals surface area contributed by atoms with Crippen molar-refractivity contribution in [1.82, 2.24) is 4.90 Å². The van der Waals surface area contributed by atoms with Gasteiger partial charge in [0.15, 0.2) is 0 Å². The van der Waals surface area contributed by atoms with E-state index in [-0.39, 0.29) is 18.7 Å². The van der Waals surface area contributed by atoms with Crippen LogP contribution in [-0.2, 0) is 0 Å². The van der Waals surface area contributed by atoms with E-state index in [0.29, 0.717) is 12.8 Å². The van der Waals surface area contributed by atoms with E-state index in [9.17, 15) is 4.79 Å². The molecule has 4 nitrogen and oxygen atoms in total. The molecule has 1 heterocycles. The normalized spacial score (nSPS) is 28.5. The first-order valence-corrected chi connectivity index (χ1v) is 3.79. The van der Waals surface area contributed by atoms with E-state index in [1.54, 1.807) is 0 Å². The maximum Gasteiger partial charge on any atom is 0.408 e. The molecule has 0 saturated carbocycles. The first-order chi connectivity index (χ1) is 5.70. The zero-order valence-corrected chi connectivity index (χ0v) is 6.60. The number of hydrogen-bond acceptors (Lipinski definition) is 2. The van der Waals surface area contributed by atoms with Crippen molar-refractivity contribution in [3.05, 3.63) is 0 Å². The zero-order valence-electron chi connectivity index (χ0n) is 6.60. The Hall–Kier alpha value is -1.21. The fourth-order valence-electron chi connectivity index (χ4n) is 1.52. The molecule has 4 heteroatoms. The molecule has 2 atom stereocenters. The number of amides is 1. The van der Waals surface area contributed by atoms with Gasteiger partial charge in [-0.15, -0.1) is 6.42 Å². The number of carbonyl (C=O) groups is 1. The highest BCUT2D eigenvalue weighted by molar-refractivity contribution is 5.67. The molecule has 0 aromatic heterocycles. The molecule has 0 spiro atoms. The number of nitrogens with zero attached hydrogens (tertiary/aromatic N) is 1. The van der Waals surface area contributed by atoms with Crippen molar-refractivity contribution in [2.24, 2.45) is 0 Å². The van der Waals surface area contributed by atoms with Crippen molar-refractivity contribution in [2.45, 2.75) is 24.9 Å². The van der Waals surface area contributed by atoms with Crippen LogP contribution in [0.3, 0.4) is 0 Å². The Labute approximate surface area is 70.8 Å². The Morgan fingerprint density at radius 3 is 2.75 bits per heavy atom. The molecule has 0 aliphatic carbocycles. The topological polar surface area (TPSA) is 60.8 Å². The SMILES string of the molecule is C#CC1CC[C@@H](CO)N1C(=O)O. The summed E-state index contributed by atoms with van der Waals surface area (Å²) in [6.45, 7) is -0.148. The van der Waals surface area contributed by atoms with Gasteiger partial charge in [-0.05, 0) is 12.8 Å². The van der Waals surface area contributed by atoms with Gasteiger partial charge in [0, 0.05) is 0 Å². The maximum absolute atomic E-state index is 10.7. The second-order valence-corrected chi connectivity index (χ2v) is 2.79. The van der Waals surface area contributed by atoms with Crippen molar-refractivity contribution in [1.29, 1.82) is 0 Å². The molecule has 0 bridgehead atoms. The highest BCUT2D eigenvalue weighted by Gasteiger charge is 2.35. The Morgan fingerprint density at radius 1 is 1.67 bits per heavy atom. The first-order valence-electron chi connectivity index (χ1n) is 3.79. The van der Waals surface area contributed by atoms with E-state index in [4.69, 9.17) is 16.6 Å². The van der Waals surface area contributed by atoms with Gasteiger partial charge in [-0.25, -0.2) is 4.79 Å². The van der Waals surface area contributed by atoms with Crippen LogP contribution in [0.5, 0.6) is 0 Å². The minimum atomic E-state index is -1.05. The lowest BCUT2D eigenvalue weighted by Crippen LogP contribution is -2.41. The van der Waals surface area contributed by atoms with Crippen molar-refractivity contribution in [3.63, 3.8) is 0 Å². The third-order valence-corrected chi connectivity index (χ3v) is 2.13. The number of hydrogen-bond donors (Lipinski definition) is 2. The molecular formula is C8H11NO3. The van der Waals surface area contributed by atoms with Crippen molar-refractivity contribution >= 4 is 6.09 Å². The van der Waals surface area contributed by atoms with Crippen LogP contribution < -0.4 is 0 Å². The van der Waals surface area contributed by atoms with E-state index in [0.717, 1.165) is 4.90 Å². The largest absolute Gasteiger partial charge is 0.465 e. The molecule has 66 valence electrons. The Bertz CT molecular complexity index is 221. The Balaban J connectivity index is 2.74. The first kappa shape index (κ1) is 8.88. The minimum Gasteiger partial charge on any atom is -0.465 e. The standard InChI is InChI=1S/C8H11NO3/c1-2-6-3-4-7(5-10)9(6)8(11)12/h1,6-7,10H,3-5H2,(H,11,12)/t6?,7-/m0/s1. The summed E-state index contributed by atoms with van der Waals surface area (Å²) in [5.41, 5.74) is 0. The Morgan fingerprint density at radius 2 is 2.33 bits per heavy atom. The smallest absolute Gasteiger partial charge is 0.408 e. The minimum absolute atomic E-state index is 0.148. The van der Waals surface area contributed by atoms with Crippen molar-refractivity contribution in [2.75, 3.05) is 6.61 Å². The fraction of sp³-hybridized carbons (Fsp3) is 0.625. The summed E-state index contributed by atoms with van der Waals surface area (Å²) in [7, 11) is 0. The lowest BCUT2D eigenvalue weighted by molar-refractivity contribution is 0.109. The van der Waals surface area contributed by atoms with Crippen LogP contribution in [0.1, 0.15) is 12.8 Å². The average Bonchev–Trinajstić information content (AvgIpc) is 2.46. The number of carboxylic acid groups (broad SMARTS) is 1. The van der Waals surface area contributed by atoms with Crippen molar-refractivity contribution in [3.8, 4) is 12.3 Å². The summed E-state index contributed by atoms with van der Waals surface area (Å²) < 4.78 is 0. The second kappa shape index (κ2) is 3.46. The van der Waals surface area contributed by atoms with Gasteiger partial charge in [0.25, 0.3) is 0 Å². The number of likely N-dealkylation sites (tertiary alicyclic amines) is 1. The van der Waals surface area contributed by atoms with Crippen LogP contribution in [0.25, 0.3) is 0 Å². The van der Waals surface area contributed by atoms with Gasteiger partial charge in [-0.1, -0.05) is 5.92 Å². The van der Waals surface area contributed by atoms with Gasteiger partial charge >= 0.3 is 6.09 Å². The molecule has 0 aromatic carbocycles. The third-order valence-electron chi connectivity index (χ3n) is 2.13. The highest BCUT2D eigenvalue weighted by atomic mass is 16.4. The summed E-state index contributed by atoms with van der Waals surface area (Å²) >= 11 is 0. The lowest BCUT2D eigenvalue weighted by atomic mass is 10.2. The zero-order chi connectivity index (χ0) is 9.14. The average molecular weight is 169 g/mol. The molecule has 1 aliphatic rings. The van der Waals surface area contributed by atoms with E-state index >= 15 is 0 Å². The molecule has 0 radical (unpaired) electrons. The predicted molar refractivity (Wildman–Crippen MR) is 42.6 cm³/mol. The summed E-state index contributed by atoms with van der Waals surface area (Å²) in [6, 6.07) is -0.678. The van der Waals surface area contributed by atoms with Crippen LogP contribution >= 0.6 is 0 Å². The van der Waals surface area contributed by atoms with Gasteiger partial charge in [-0.3, -0.25) is 4.90 Å². The van der Waals surface area contributed by atoms with Gasteiger partial charge < -0.3 is 10.2 Å². The summed E-state index contributed by atoms with van der Waals surface area (Å²) in [4.78, 5) is 11.8. The van der Waals surface area contributed by atoms with Crippen LogP contribution in [0.15, 0.2) is 0 Å². The molecular weight excluding hydrogens is 158 g/mol. The lowest BCUT2D eigenvalue weighted by Gasteiger charge is -2.22. The van der Waals surface area contributed by atoms with E-state index in [1.807, 2.05) is 0 Å². The Kier molecular flexibility index (Phi) is 2.56. The van der Waals surface area contributed by atoms with Crippen LogP contribution in [0, 0.1) is 12.3 Å². The summed E-state index contributed by atoms with van der Waals surface area (Å²) in [5.74, 6) is 2.39. The van der Waals surface area contributed by atoms with Gasteiger partial charge in [0.05, 0.1) is 18.7 Å². The second-order valence-electron chi connectivity index (χ2n) is 2.79. The molecule has 0 aromatic rings. The molecule has 1 saturated heterocycles. The van der Waals surface area contributed by atoms with Crippen LogP contribution in [-0.4, -0.2) is 39.9 Å². The number of aliphatic hydroxyl groups excluding tert-OH is 1. The quantitative estimate of drug-likeness (QED) is 0.548. The molecule has 1 aliphatic heterocycles. The van der Waals surface area contributed by atoms with E-state index < -0.39 is 6.09 Å². The number of terminal acetylenes is 1. The van der Waals surface area contributed by atoms with Crippen molar-refractivity contribution < 1.29 is 15.0 Å². The van der Waals surface area contributed by atoms with E-state index in [1.165, 1.54) is 0 Å². The predicted octanol–water partition coefficient (Wildman–Crippen LogP) is 0.123. The van der Waals surface area contributed by atoms with Gasteiger partial charge in [0.2, 0.25) is 0 Å². The molecule has 1 rings (SSSR count). The molecule has 1 fully saturated rings. The maximum atomic E-state index is 10.7. The molecule has 2 N–H and O–H groups in total. The number of rotatable bonds is 1. The van der Waals surface area contributed by atoms with Crippen LogP contribution in [0.4, 0.5) is 4.79 Å².